The van der Waals surface area contributed by atoms with Crippen LogP contribution >= 0.6 is 0 Å². The number of likely N-dealkylation sites (N-methyl/N-ethyl adjacent to an activating group) is 1. The highest BCUT2D eigenvalue weighted by Gasteiger charge is 2.28. The minimum atomic E-state index is -1.24. The van der Waals surface area contributed by atoms with Crippen LogP contribution in [0.2, 0.25) is 0 Å². The van der Waals surface area contributed by atoms with Crippen LogP contribution < -0.4 is 27.8 Å². The third-order valence-electron chi connectivity index (χ3n) is 5.10. The van der Waals surface area contributed by atoms with E-state index >= 15 is 0 Å². The van der Waals surface area contributed by atoms with Crippen molar-refractivity contribution in [3.05, 3.63) is 23.8 Å². The standard InChI is InChI=1S/C19H40N6O6/c1-25(19(31)13(6-7-15(21)27)23-16(28)9-20)10-17(29)24-14(18(22)30)8-11-2-4-12(26)5-3-11/h2-4,12-19,23-24,26-31H,5-10,20-22H2,1H3. The molecule has 0 aromatic rings. The maximum Gasteiger partial charge on any atom is 0.122 e. The van der Waals surface area contributed by atoms with Crippen LogP contribution in [0, 0.1) is 0 Å². The average molecular weight is 449 g/mol. The summed E-state index contributed by atoms with van der Waals surface area (Å²) in [6, 6.07) is -1.33. The van der Waals surface area contributed by atoms with Gasteiger partial charge in [0.1, 0.15) is 31.1 Å². The van der Waals surface area contributed by atoms with Gasteiger partial charge in [-0.25, -0.2) is 0 Å². The van der Waals surface area contributed by atoms with Crippen molar-refractivity contribution in [2.75, 3.05) is 20.1 Å². The Kier molecular flexibility index (Phi) is 12.9. The quantitative estimate of drug-likeness (QED) is 0.107. The van der Waals surface area contributed by atoms with E-state index in [9.17, 15) is 30.6 Å². The molecule has 0 fully saturated rings. The predicted molar refractivity (Wildman–Crippen MR) is 116 cm³/mol. The zero-order chi connectivity index (χ0) is 23.6. The van der Waals surface area contributed by atoms with Crippen LogP contribution in [0.25, 0.3) is 0 Å². The van der Waals surface area contributed by atoms with Crippen LogP contribution in [-0.4, -0.2) is 105 Å². The van der Waals surface area contributed by atoms with Gasteiger partial charge < -0.3 is 47.8 Å². The lowest BCUT2D eigenvalue weighted by Crippen LogP contribution is -2.57. The molecule has 1 aliphatic rings. The number of hydrogen-bond acceptors (Lipinski definition) is 12. The van der Waals surface area contributed by atoms with Crippen LogP contribution in [0.15, 0.2) is 23.8 Å². The van der Waals surface area contributed by atoms with Gasteiger partial charge >= 0.3 is 0 Å². The molecule has 0 aromatic carbocycles. The molecule has 0 amide bonds. The summed E-state index contributed by atoms with van der Waals surface area (Å²) in [5.41, 5.74) is 17.3. The van der Waals surface area contributed by atoms with Crippen LogP contribution in [0.4, 0.5) is 0 Å². The fourth-order valence-corrected chi connectivity index (χ4v) is 3.31. The van der Waals surface area contributed by atoms with Crippen molar-refractivity contribution in [3.63, 3.8) is 0 Å². The average Bonchev–Trinajstić information content (AvgIpc) is 2.70. The molecule has 31 heavy (non-hydrogen) atoms. The summed E-state index contributed by atoms with van der Waals surface area (Å²) in [5.74, 6) is 0. The van der Waals surface area contributed by atoms with E-state index < -0.39 is 49.3 Å². The lowest BCUT2D eigenvalue weighted by molar-refractivity contribution is -0.0539. The lowest BCUT2D eigenvalue weighted by atomic mass is 9.98. The van der Waals surface area contributed by atoms with Gasteiger partial charge in [-0.15, -0.1) is 0 Å². The molecule has 12 heteroatoms. The SMILES string of the molecule is CN(CC(O)NC(CC1=CCC(O)C=C1)C(N)O)C(O)C(CCC(N)O)NC(O)CN. The van der Waals surface area contributed by atoms with Gasteiger partial charge in [-0.3, -0.25) is 15.5 Å². The first-order chi connectivity index (χ1) is 14.5. The molecular weight excluding hydrogens is 408 g/mol. The molecule has 0 saturated heterocycles. The summed E-state index contributed by atoms with van der Waals surface area (Å²) in [6.45, 7) is -0.0975. The first kappa shape index (κ1) is 28.0. The van der Waals surface area contributed by atoms with E-state index in [0.717, 1.165) is 5.57 Å². The normalized spacial score (nSPS) is 23.7. The molecular formula is C19H40N6O6. The Bertz CT molecular complexity index is 564. The molecule has 8 atom stereocenters. The summed E-state index contributed by atoms with van der Waals surface area (Å²) in [5, 5.41) is 65.2. The van der Waals surface area contributed by atoms with Crippen molar-refractivity contribution in [3.8, 4) is 0 Å². The third-order valence-corrected chi connectivity index (χ3v) is 5.10. The molecule has 0 heterocycles. The topological polar surface area (TPSA) is 227 Å². The number of allylic oxidation sites excluding steroid dienone is 1. The minimum absolute atomic E-state index is 0.0277. The number of nitrogens with two attached hydrogens (primary N) is 3. The lowest BCUT2D eigenvalue weighted by Gasteiger charge is -2.35. The number of hydrogen-bond donors (Lipinski definition) is 11. The van der Waals surface area contributed by atoms with Gasteiger partial charge in [0.15, 0.2) is 0 Å². The highest BCUT2D eigenvalue weighted by molar-refractivity contribution is 5.25. The second-order valence-electron chi connectivity index (χ2n) is 7.95. The first-order valence-corrected chi connectivity index (χ1v) is 10.4. The van der Waals surface area contributed by atoms with Crippen molar-refractivity contribution in [1.29, 1.82) is 0 Å². The van der Waals surface area contributed by atoms with Crippen LogP contribution in [0.1, 0.15) is 25.7 Å². The van der Waals surface area contributed by atoms with Gasteiger partial charge in [-0.05, 0) is 32.7 Å². The summed E-state index contributed by atoms with van der Waals surface area (Å²) < 4.78 is 0. The second-order valence-corrected chi connectivity index (χ2v) is 7.95. The van der Waals surface area contributed by atoms with E-state index in [1.807, 2.05) is 6.08 Å². The number of aliphatic hydroxyl groups excluding tert-OH is 6. The van der Waals surface area contributed by atoms with Gasteiger partial charge in [-0.1, -0.05) is 23.8 Å². The van der Waals surface area contributed by atoms with Crippen molar-refractivity contribution in [1.82, 2.24) is 15.5 Å². The first-order valence-electron chi connectivity index (χ1n) is 10.4. The summed E-state index contributed by atoms with van der Waals surface area (Å²) in [4.78, 5) is 1.44. The van der Waals surface area contributed by atoms with Crippen molar-refractivity contribution in [2.24, 2.45) is 17.2 Å². The highest BCUT2D eigenvalue weighted by Crippen LogP contribution is 2.17. The van der Waals surface area contributed by atoms with Gasteiger partial charge in [-0.2, -0.15) is 0 Å². The van der Waals surface area contributed by atoms with Gasteiger partial charge in [0.2, 0.25) is 0 Å². The molecule has 0 saturated carbocycles. The number of nitrogens with one attached hydrogen (secondary N) is 2. The number of nitrogens with zero attached hydrogens (tertiary/aromatic N) is 1. The molecule has 0 aromatic heterocycles. The number of rotatable bonds is 15. The fraction of sp³-hybridized carbons (Fsp3) is 0.789. The maximum absolute atomic E-state index is 10.6. The molecule has 14 N–H and O–H groups in total. The molecule has 0 spiro atoms. The second kappa shape index (κ2) is 14.2. The maximum atomic E-state index is 10.6. The molecule has 12 nitrogen and oxygen atoms in total. The van der Waals surface area contributed by atoms with Crippen LogP contribution in [0.3, 0.4) is 0 Å². The Balaban J connectivity index is 2.66. The Hall–Kier alpha value is -1.00. The molecule has 0 bridgehead atoms. The van der Waals surface area contributed by atoms with Crippen LogP contribution in [0.5, 0.6) is 0 Å². The summed E-state index contributed by atoms with van der Waals surface area (Å²) >= 11 is 0. The van der Waals surface area contributed by atoms with E-state index in [-0.39, 0.29) is 25.9 Å². The van der Waals surface area contributed by atoms with Crippen molar-refractivity contribution in [2.45, 2.75) is 75.0 Å². The monoisotopic (exact) mass is 448 g/mol. The Labute approximate surface area is 183 Å². The van der Waals surface area contributed by atoms with E-state index in [1.54, 1.807) is 19.2 Å². The highest BCUT2D eigenvalue weighted by atomic mass is 16.3. The molecule has 1 aliphatic carbocycles. The van der Waals surface area contributed by atoms with E-state index in [2.05, 4.69) is 10.6 Å². The molecule has 0 aliphatic heterocycles. The van der Waals surface area contributed by atoms with E-state index in [0.29, 0.717) is 12.8 Å². The summed E-state index contributed by atoms with van der Waals surface area (Å²) in [7, 11) is 1.57. The van der Waals surface area contributed by atoms with Crippen LogP contribution in [-0.2, 0) is 0 Å². The minimum Gasteiger partial charge on any atom is -0.389 e. The molecule has 0 radical (unpaired) electrons. The predicted octanol–water partition coefficient (Wildman–Crippen LogP) is -4.28. The van der Waals surface area contributed by atoms with Gasteiger partial charge in [0.05, 0.1) is 12.1 Å². The molecule has 1 rings (SSSR count). The van der Waals surface area contributed by atoms with E-state index in [1.165, 1.54) is 4.90 Å². The zero-order valence-corrected chi connectivity index (χ0v) is 18.0. The van der Waals surface area contributed by atoms with Crippen molar-refractivity contribution < 1.29 is 30.6 Å². The smallest absolute Gasteiger partial charge is 0.122 e. The summed E-state index contributed by atoms with van der Waals surface area (Å²) in [6.07, 6.45) is 0.305. The van der Waals surface area contributed by atoms with Crippen molar-refractivity contribution >= 4 is 0 Å². The largest absolute Gasteiger partial charge is 0.389 e. The Morgan fingerprint density at radius 2 is 1.71 bits per heavy atom. The number of aliphatic hydroxyl groups is 6. The Morgan fingerprint density at radius 3 is 2.23 bits per heavy atom. The zero-order valence-electron chi connectivity index (χ0n) is 18.0. The van der Waals surface area contributed by atoms with Gasteiger partial charge in [0, 0.05) is 19.1 Å². The third kappa shape index (κ3) is 10.9. The molecule has 8 unspecified atom stereocenters. The Morgan fingerprint density at radius 1 is 1.06 bits per heavy atom. The van der Waals surface area contributed by atoms with E-state index in [4.69, 9.17) is 17.2 Å². The molecule has 182 valence electrons. The van der Waals surface area contributed by atoms with Gasteiger partial charge in [0.25, 0.3) is 0 Å². The fourth-order valence-electron chi connectivity index (χ4n) is 3.31.